The standard InChI is InChI=1S/C20H27N3O4/c1-13(21)14-4-6-22(7-5-14)20(25)15-10-19(24)23(12-15)16-2-3-17-18(11-16)27-9-8-26-17/h2-3,11,13-15H,4-10,12,21H2,1H3. The van der Waals surface area contributed by atoms with Gasteiger partial charge in [-0.3, -0.25) is 9.59 Å². The lowest BCUT2D eigenvalue weighted by molar-refractivity contribution is -0.137. The lowest BCUT2D eigenvalue weighted by Crippen LogP contribution is -2.45. The van der Waals surface area contributed by atoms with E-state index in [4.69, 9.17) is 15.2 Å². The number of carbonyl (C=O) groups excluding carboxylic acids is 2. The summed E-state index contributed by atoms with van der Waals surface area (Å²) in [6.07, 6.45) is 2.15. The molecular weight excluding hydrogens is 346 g/mol. The summed E-state index contributed by atoms with van der Waals surface area (Å²) in [6.45, 7) is 4.96. The van der Waals surface area contributed by atoms with Crippen molar-refractivity contribution in [2.24, 2.45) is 17.6 Å². The maximum atomic E-state index is 12.9. The van der Waals surface area contributed by atoms with Crippen LogP contribution >= 0.6 is 0 Å². The number of fused-ring (bicyclic) bond motifs is 1. The number of carbonyl (C=O) groups is 2. The maximum Gasteiger partial charge on any atom is 0.228 e. The van der Waals surface area contributed by atoms with Crippen LogP contribution < -0.4 is 20.1 Å². The lowest BCUT2D eigenvalue weighted by Gasteiger charge is -2.35. The van der Waals surface area contributed by atoms with Gasteiger partial charge in [0.2, 0.25) is 11.8 Å². The summed E-state index contributed by atoms with van der Waals surface area (Å²) in [4.78, 5) is 29.0. The molecule has 0 spiro atoms. The Morgan fingerprint density at radius 2 is 1.89 bits per heavy atom. The van der Waals surface area contributed by atoms with Crippen LogP contribution in [0, 0.1) is 11.8 Å². The number of nitrogens with zero attached hydrogens (tertiary/aromatic N) is 2. The highest BCUT2D eigenvalue weighted by molar-refractivity contribution is 6.00. The Hall–Kier alpha value is -2.28. The van der Waals surface area contributed by atoms with Crippen molar-refractivity contribution < 1.29 is 19.1 Å². The number of amides is 2. The first-order valence-corrected chi connectivity index (χ1v) is 9.77. The topological polar surface area (TPSA) is 85.1 Å². The van der Waals surface area contributed by atoms with Gasteiger partial charge in [-0.2, -0.15) is 0 Å². The first-order chi connectivity index (χ1) is 13.0. The summed E-state index contributed by atoms with van der Waals surface area (Å²) in [5.41, 5.74) is 6.75. The number of hydrogen-bond acceptors (Lipinski definition) is 5. The molecule has 27 heavy (non-hydrogen) atoms. The highest BCUT2D eigenvalue weighted by Crippen LogP contribution is 2.36. The van der Waals surface area contributed by atoms with Crippen LogP contribution in [0.1, 0.15) is 26.2 Å². The van der Waals surface area contributed by atoms with Gasteiger partial charge in [-0.05, 0) is 37.8 Å². The van der Waals surface area contributed by atoms with E-state index in [0.717, 1.165) is 31.6 Å². The third-order valence-electron chi connectivity index (χ3n) is 5.91. The van der Waals surface area contributed by atoms with Crippen molar-refractivity contribution >= 4 is 17.5 Å². The summed E-state index contributed by atoms with van der Waals surface area (Å²) in [5.74, 6) is 1.62. The molecular formula is C20H27N3O4. The molecule has 7 nitrogen and oxygen atoms in total. The number of benzene rings is 1. The second-order valence-corrected chi connectivity index (χ2v) is 7.76. The fourth-order valence-electron chi connectivity index (χ4n) is 4.23. The molecule has 2 saturated heterocycles. The fraction of sp³-hybridized carbons (Fsp3) is 0.600. The molecule has 3 heterocycles. The number of piperidine rings is 1. The van der Waals surface area contributed by atoms with Crippen molar-refractivity contribution in [1.82, 2.24) is 4.90 Å². The molecule has 7 heteroatoms. The number of rotatable bonds is 3. The van der Waals surface area contributed by atoms with Crippen LogP contribution in [-0.4, -0.2) is 55.6 Å². The first-order valence-electron chi connectivity index (χ1n) is 9.77. The van der Waals surface area contributed by atoms with Gasteiger partial charge in [-0.1, -0.05) is 0 Å². The third-order valence-corrected chi connectivity index (χ3v) is 5.91. The summed E-state index contributed by atoms with van der Waals surface area (Å²) in [5, 5.41) is 0. The molecule has 146 valence electrons. The molecule has 2 atom stereocenters. The molecule has 2 amide bonds. The molecule has 1 aromatic carbocycles. The van der Waals surface area contributed by atoms with Crippen molar-refractivity contribution in [2.45, 2.75) is 32.2 Å². The van der Waals surface area contributed by atoms with Gasteiger partial charge in [0, 0.05) is 43.9 Å². The van der Waals surface area contributed by atoms with E-state index in [-0.39, 0.29) is 30.2 Å². The molecule has 0 aromatic heterocycles. The normalized spacial score (nSPS) is 24.2. The van der Waals surface area contributed by atoms with Gasteiger partial charge in [0.1, 0.15) is 13.2 Å². The minimum absolute atomic E-state index is 0.0181. The van der Waals surface area contributed by atoms with E-state index in [1.165, 1.54) is 0 Å². The molecule has 0 radical (unpaired) electrons. The molecule has 2 fully saturated rings. The zero-order valence-corrected chi connectivity index (χ0v) is 15.7. The Labute approximate surface area is 159 Å². The summed E-state index contributed by atoms with van der Waals surface area (Å²) < 4.78 is 11.1. The van der Waals surface area contributed by atoms with Crippen molar-refractivity contribution in [3.05, 3.63) is 18.2 Å². The van der Waals surface area contributed by atoms with E-state index in [1.807, 2.05) is 30.0 Å². The van der Waals surface area contributed by atoms with Gasteiger partial charge in [-0.15, -0.1) is 0 Å². The Balaban J connectivity index is 1.41. The van der Waals surface area contributed by atoms with Crippen LogP contribution in [0.2, 0.25) is 0 Å². The van der Waals surface area contributed by atoms with Gasteiger partial charge in [0.05, 0.1) is 5.92 Å². The van der Waals surface area contributed by atoms with Crippen LogP contribution in [0.3, 0.4) is 0 Å². The average Bonchev–Trinajstić information content (AvgIpc) is 3.08. The van der Waals surface area contributed by atoms with Crippen LogP contribution in [-0.2, 0) is 9.59 Å². The predicted molar refractivity (Wildman–Crippen MR) is 101 cm³/mol. The van der Waals surface area contributed by atoms with Crippen LogP contribution in [0.15, 0.2) is 18.2 Å². The van der Waals surface area contributed by atoms with E-state index in [0.29, 0.717) is 37.2 Å². The smallest absolute Gasteiger partial charge is 0.228 e. The van der Waals surface area contributed by atoms with E-state index < -0.39 is 0 Å². The van der Waals surface area contributed by atoms with Gasteiger partial charge in [0.15, 0.2) is 11.5 Å². The zero-order valence-electron chi connectivity index (χ0n) is 15.7. The second-order valence-electron chi connectivity index (χ2n) is 7.76. The molecule has 2 N–H and O–H groups in total. The molecule has 0 saturated carbocycles. The highest BCUT2D eigenvalue weighted by Gasteiger charge is 2.38. The molecule has 3 aliphatic rings. The highest BCUT2D eigenvalue weighted by atomic mass is 16.6. The molecule has 4 rings (SSSR count). The van der Waals surface area contributed by atoms with Gasteiger partial charge in [-0.25, -0.2) is 0 Å². The summed E-state index contributed by atoms with van der Waals surface area (Å²) in [6, 6.07) is 5.67. The minimum Gasteiger partial charge on any atom is -0.486 e. The van der Waals surface area contributed by atoms with Gasteiger partial charge in [0.25, 0.3) is 0 Å². The molecule has 0 bridgehead atoms. The van der Waals surface area contributed by atoms with Crippen LogP contribution in [0.25, 0.3) is 0 Å². The molecule has 1 aromatic rings. The first kappa shape index (κ1) is 18.1. The minimum atomic E-state index is -0.280. The zero-order chi connectivity index (χ0) is 19.0. The number of nitrogens with two attached hydrogens (primary N) is 1. The predicted octanol–water partition coefficient (Wildman–Crippen LogP) is 1.40. The SMILES string of the molecule is CC(N)C1CCN(C(=O)C2CC(=O)N(c3ccc4c(c3)OCCO4)C2)CC1. The monoisotopic (exact) mass is 373 g/mol. The van der Waals surface area contributed by atoms with E-state index in [1.54, 1.807) is 4.90 Å². The number of anilines is 1. The van der Waals surface area contributed by atoms with Gasteiger partial charge >= 0.3 is 0 Å². The molecule has 3 aliphatic heterocycles. The van der Waals surface area contributed by atoms with E-state index in [9.17, 15) is 9.59 Å². The Bertz CT molecular complexity index is 728. The number of ether oxygens (including phenoxy) is 2. The fourth-order valence-corrected chi connectivity index (χ4v) is 4.23. The lowest BCUT2D eigenvalue weighted by atomic mass is 9.90. The van der Waals surface area contributed by atoms with Crippen molar-refractivity contribution in [2.75, 3.05) is 37.7 Å². The second kappa shape index (κ2) is 7.38. The van der Waals surface area contributed by atoms with E-state index >= 15 is 0 Å². The Kier molecular flexibility index (Phi) is 4.95. The van der Waals surface area contributed by atoms with Crippen molar-refractivity contribution in [3.63, 3.8) is 0 Å². The quantitative estimate of drug-likeness (QED) is 0.866. The van der Waals surface area contributed by atoms with Crippen molar-refractivity contribution in [1.29, 1.82) is 0 Å². The van der Waals surface area contributed by atoms with Crippen molar-refractivity contribution in [3.8, 4) is 11.5 Å². The largest absolute Gasteiger partial charge is 0.486 e. The average molecular weight is 373 g/mol. The van der Waals surface area contributed by atoms with Crippen LogP contribution in [0.4, 0.5) is 5.69 Å². The van der Waals surface area contributed by atoms with Crippen LogP contribution in [0.5, 0.6) is 11.5 Å². The number of likely N-dealkylation sites (tertiary alicyclic amines) is 1. The Morgan fingerprint density at radius 3 is 2.59 bits per heavy atom. The third kappa shape index (κ3) is 3.60. The summed E-state index contributed by atoms with van der Waals surface area (Å²) >= 11 is 0. The molecule has 2 unspecified atom stereocenters. The van der Waals surface area contributed by atoms with E-state index in [2.05, 4.69) is 0 Å². The van der Waals surface area contributed by atoms with Gasteiger partial charge < -0.3 is 25.0 Å². The summed E-state index contributed by atoms with van der Waals surface area (Å²) in [7, 11) is 0. The number of hydrogen-bond donors (Lipinski definition) is 1. The Morgan fingerprint density at radius 1 is 1.19 bits per heavy atom. The maximum absolute atomic E-state index is 12.9. The molecule has 0 aliphatic carbocycles.